The van der Waals surface area contributed by atoms with Crippen molar-refractivity contribution in [1.82, 2.24) is 30.0 Å². The first-order valence-electron chi connectivity index (χ1n) is 23.2. The lowest BCUT2D eigenvalue weighted by Crippen LogP contribution is -2.35. The number of nitrogens with zero attached hydrogens (tertiary/aromatic N) is 6. The first kappa shape index (κ1) is 52.4. The van der Waals surface area contributed by atoms with E-state index in [1.807, 2.05) is 26.1 Å². The zero-order valence-electron chi connectivity index (χ0n) is 40.6. The van der Waals surface area contributed by atoms with Gasteiger partial charge in [0, 0.05) is 67.9 Å². The van der Waals surface area contributed by atoms with Crippen LogP contribution in [0.5, 0.6) is 0 Å². The van der Waals surface area contributed by atoms with Gasteiger partial charge in [0.1, 0.15) is 5.76 Å². The number of thiazole rings is 1. The Hall–Kier alpha value is -2.93. The van der Waals surface area contributed by atoms with Crippen LogP contribution >= 0.6 is 11.3 Å². The molecule has 3 saturated heterocycles. The minimum Gasteiger partial charge on any atom is -0.379 e. The van der Waals surface area contributed by atoms with E-state index in [0.29, 0.717) is 11.8 Å². The molecule has 3 aromatic heterocycles. The molecule has 0 bridgehead atoms. The molecule has 7 rings (SSSR count). The third kappa shape index (κ3) is 22.3. The van der Waals surface area contributed by atoms with E-state index in [2.05, 4.69) is 136 Å². The van der Waals surface area contributed by atoms with Crippen molar-refractivity contribution in [2.45, 2.75) is 146 Å². The molecule has 3 fully saturated rings. The smallest absolute Gasteiger partial charge is 0.150 e. The van der Waals surface area contributed by atoms with E-state index in [9.17, 15) is 0 Å². The van der Waals surface area contributed by atoms with E-state index in [1.54, 1.807) is 11.3 Å². The lowest BCUT2D eigenvalue weighted by Gasteiger charge is -2.27. The van der Waals surface area contributed by atoms with Crippen LogP contribution in [0.1, 0.15) is 151 Å². The van der Waals surface area contributed by atoms with Crippen molar-refractivity contribution in [2.24, 2.45) is 11.8 Å². The summed E-state index contributed by atoms with van der Waals surface area (Å²) in [6, 6.07) is 13.1. The molecule has 4 aromatic rings. The molecule has 0 aliphatic carbocycles. The molecule has 1 aromatic carbocycles. The van der Waals surface area contributed by atoms with E-state index in [-0.39, 0.29) is 5.41 Å². The van der Waals surface area contributed by atoms with Crippen LogP contribution in [0, 0.1) is 25.7 Å². The van der Waals surface area contributed by atoms with Gasteiger partial charge in [-0.1, -0.05) is 117 Å². The Balaban J connectivity index is 0.000000209. The van der Waals surface area contributed by atoms with Gasteiger partial charge in [0.25, 0.3) is 0 Å². The second-order valence-corrected chi connectivity index (χ2v) is 20.6. The zero-order valence-corrected chi connectivity index (χ0v) is 41.4. The Morgan fingerprint density at radius 3 is 1.62 bits per heavy atom. The van der Waals surface area contributed by atoms with Gasteiger partial charge >= 0.3 is 0 Å². The molecule has 10 nitrogen and oxygen atoms in total. The number of aryl methyl sites for hydroxylation is 2. The Morgan fingerprint density at radius 1 is 0.639 bits per heavy atom. The van der Waals surface area contributed by atoms with E-state index in [4.69, 9.17) is 18.5 Å². The molecule has 344 valence electrons. The van der Waals surface area contributed by atoms with Crippen LogP contribution in [-0.2, 0) is 34.4 Å². The van der Waals surface area contributed by atoms with Crippen molar-refractivity contribution < 1.29 is 18.5 Å². The molecule has 6 heterocycles. The second kappa shape index (κ2) is 28.0. The fourth-order valence-electron chi connectivity index (χ4n) is 6.95. The lowest BCUT2D eigenvalue weighted by molar-refractivity contribution is 0.0305. The Kier molecular flexibility index (Phi) is 24.0. The molecule has 0 saturated carbocycles. The van der Waals surface area contributed by atoms with Crippen LogP contribution in [0.3, 0.4) is 0 Å². The quantitative estimate of drug-likeness (QED) is 0.153. The van der Waals surface area contributed by atoms with Gasteiger partial charge in [0.15, 0.2) is 5.76 Å². The SMILES string of the molecule is CC(C)(C)c1cc(CN2CCOCC2)on1.CC(C)CN1CCCCC1.CC(C)Cc1ccc(CN2CCOCC2)cc1.Cc1cc(C(C)C)no1.Cc1ncc(C(C)C)s1. The summed E-state index contributed by atoms with van der Waals surface area (Å²) in [6.45, 7) is 41.4. The number of hydrogen-bond acceptors (Lipinski definition) is 11. The summed E-state index contributed by atoms with van der Waals surface area (Å²) >= 11 is 1.78. The first-order chi connectivity index (χ1) is 29.0. The Labute approximate surface area is 375 Å². The van der Waals surface area contributed by atoms with Crippen LogP contribution in [0.15, 0.2) is 51.6 Å². The summed E-state index contributed by atoms with van der Waals surface area (Å²) in [5.74, 6) is 4.53. The number of aromatic nitrogens is 3. The molecule has 61 heavy (non-hydrogen) atoms. The molecule has 3 aliphatic rings. The van der Waals surface area contributed by atoms with Crippen molar-refractivity contribution >= 4 is 11.3 Å². The Bertz CT molecular complexity index is 1640. The minimum absolute atomic E-state index is 0.0623. The van der Waals surface area contributed by atoms with Crippen LogP contribution in [-0.4, -0.2) is 102 Å². The van der Waals surface area contributed by atoms with Crippen LogP contribution < -0.4 is 0 Å². The maximum Gasteiger partial charge on any atom is 0.150 e. The molecule has 0 N–H and O–H groups in total. The number of benzene rings is 1. The molecule has 0 unspecified atom stereocenters. The van der Waals surface area contributed by atoms with Gasteiger partial charge in [-0.05, 0) is 81.0 Å². The molecule has 0 radical (unpaired) electrons. The number of hydrogen-bond donors (Lipinski definition) is 0. The van der Waals surface area contributed by atoms with Crippen molar-refractivity contribution in [1.29, 1.82) is 0 Å². The van der Waals surface area contributed by atoms with Crippen LogP contribution in [0.2, 0.25) is 0 Å². The lowest BCUT2D eigenvalue weighted by atomic mass is 9.92. The highest BCUT2D eigenvalue weighted by molar-refractivity contribution is 7.11. The molecule has 3 aliphatic heterocycles. The normalized spacial score (nSPS) is 16.6. The van der Waals surface area contributed by atoms with Crippen LogP contribution in [0.4, 0.5) is 0 Å². The number of rotatable bonds is 10. The number of ether oxygens (including phenoxy) is 2. The van der Waals surface area contributed by atoms with E-state index < -0.39 is 0 Å². The maximum atomic E-state index is 5.36. The van der Waals surface area contributed by atoms with Crippen molar-refractivity contribution in [3.8, 4) is 0 Å². The van der Waals surface area contributed by atoms with Crippen molar-refractivity contribution in [3.63, 3.8) is 0 Å². The summed E-state index contributed by atoms with van der Waals surface area (Å²) in [4.78, 5) is 12.9. The second-order valence-electron chi connectivity index (χ2n) is 19.3. The fraction of sp³-hybridized carbons (Fsp3) is 0.700. The largest absolute Gasteiger partial charge is 0.379 e. The molecule has 11 heteroatoms. The van der Waals surface area contributed by atoms with Crippen LogP contribution in [0.25, 0.3) is 0 Å². The van der Waals surface area contributed by atoms with Gasteiger partial charge < -0.3 is 23.4 Å². The predicted molar refractivity (Wildman–Crippen MR) is 254 cm³/mol. The topological polar surface area (TPSA) is 93.1 Å². The maximum absolute atomic E-state index is 5.36. The third-order valence-electron chi connectivity index (χ3n) is 10.5. The highest BCUT2D eigenvalue weighted by Crippen LogP contribution is 2.23. The van der Waals surface area contributed by atoms with Gasteiger partial charge in [-0.15, -0.1) is 11.3 Å². The summed E-state index contributed by atoms with van der Waals surface area (Å²) in [5.41, 5.74) is 4.99. The van der Waals surface area contributed by atoms with E-state index in [1.165, 1.54) is 66.3 Å². The van der Waals surface area contributed by atoms with E-state index >= 15 is 0 Å². The number of likely N-dealkylation sites (tertiary alicyclic amines) is 1. The average molecular weight is 865 g/mol. The number of piperidine rings is 1. The predicted octanol–water partition coefficient (Wildman–Crippen LogP) is 11.3. The fourth-order valence-corrected chi connectivity index (χ4v) is 7.74. The number of morpholine rings is 2. The van der Waals surface area contributed by atoms with Gasteiger partial charge in [0.2, 0.25) is 0 Å². The van der Waals surface area contributed by atoms with E-state index in [0.717, 1.165) is 100 Å². The summed E-state index contributed by atoms with van der Waals surface area (Å²) < 4.78 is 20.9. The third-order valence-corrected chi connectivity index (χ3v) is 11.7. The molecule has 0 spiro atoms. The zero-order chi connectivity index (χ0) is 44.8. The standard InChI is InChI=1S/C15H23NO.C12H20N2O2.C9H19N.C7H11NO.C7H11NS/c1-13(2)11-14-3-5-15(6-4-14)12-16-7-9-17-10-8-16;1-12(2,3)11-8-10(16-13-11)9-14-4-6-15-7-5-14;1-9(2)8-10-6-4-3-5-7-10;1-5(2)7-4-6(3)9-8-7;1-5(2)7-4-8-6(3)9-7/h3-6,13H,7-12H2,1-2H3;8H,4-7,9H2,1-3H3;9H,3-8H2,1-2H3;2*4-5H,1-3H3. The average Bonchev–Trinajstić information content (AvgIpc) is 3.99. The first-order valence-corrected chi connectivity index (χ1v) is 24.0. The van der Waals surface area contributed by atoms with Crippen molar-refractivity contribution in [2.75, 3.05) is 72.2 Å². The van der Waals surface area contributed by atoms with Crippen molar-refractivity contribution in [3.05, 3.63) is 86.5 Å². The highest BCUT2D eigenvalue weighted by Gasteiger charge is 2.20. The summed E-state index contributed by atoms with van der Waals surface area (Å²) in [7, 11) is 0. The monoisotopic (exact) mass is 865 g/mol. The minimum atomic E-state index is 0.0623. The highest BCUT2D eigenvalue weighted by atomic mass is 32.1. The van der Waals surface area contributed by atoms with Gasteiger partial charge in [-0.25, -0.2) is 4.98 Å². The van der Waals surface area contributed by atoms with Gasteiger partial charge in [-0.2, -0.15) is 0 Å². The molecule has 0 amide bonds. The summed E-state index contributed by atoms with van der Waals surface area (Å²) in [5, 5.41) is 9.13. The summed E-state index contributed by atoms with van der Waals surface area (Å²) in [6.07, 6.45) is 7.44. The van der Waals surface area contributed by atoms with Gasteiger partial charge in [-0.3, -0.25) is 9.80 Å². The molecule has 0 atom stereocenters. The van der Waals surface area contributed by atoms with Gasteiger partial charge in [0.05, 0.1) is 49.4 Å². The Morgan fingerprint density at radius 2 is 1.21 bits per heavy atom. The molecular formula is C50H84N6O4S. The molecular weight excluding hydrogens is 781 g/mol.